The van der Waals surface area contributed by atoms with Crippen LogP contribution in [0.1, 0.15) is 15.9 Å². The molecule has 0 aliphatic carbocycles. The van der Waals surface area contributed by atoms with Gasteiger partial charge in [-0.05, 0) is 24.3 Å². The van der Waals surface area contributed by atoms with Gasteiger partial charge < -0.3 is 0 Å². The predicted molar refractivity (Wildman–Crippen MR) is 46.5 cm³/mol. The number of ketones is 1. The van der Waals surface area contributed by atoms with Gasteiger partial charge in [0.25, 0.3) is 0 Å². The number of Topliss-reactive ketones (excluding diaryl/α,β-unsaturated/α-hetero) is 1. The third kappa shape index (κ3) is 2.41. The van der Waals surface area contributed by atoms with E-state index in [1.165, 1.54) is 0 Å². The van der Waals surface area contributed by atoms with E-state index in [-0.39, 0.29) is 5.56 Å². The van der Waals surface area contributed by atoms with Crippen LogP contribution in [0, 0.1) is 11.3 Å². The molecule has 90 valence electrons. The van der Waals surface area contributed by atoms with Crippen LogP contribution < -0.4 is 0 Å². The van der Waals surface area contributed by atoms with Crippen molar-refractivity contribution in [2.45, 2.75) is 12.1 Å². The summed E-state index contributed by atoms with van der Waals surface area (Å²) < 4.78 is 61.0. The van der Waals surface area contributed by atoms with Crippen LogP contribution in [0.2, 0.25) is 0 Å². The Morgan fingerprint density at radius 1 is 1.06 bits per heavy atom. The highest BCUT2D eigenvalue weighted by molar-refractivity contribution is 6.01. The van der Waals surface area contributed by atoms with Gasteiger partial charge in [-0.3, -0.25) is 4.79 Å². The number of carbonyl (C=O) groups excluding carboxylic acids is 1. The molecule has 0 bridgehead atoms. The highest BCUT2D eigenvalue weighted by Gasteiger charge is 2.63. The highest BCUT2D eigenvalue weighted by atomic mass is 19.4. The minimum atomic E-state index is -5.93. The molecule has 0 heterocycles. The van der Waals surface area contributed by atoms with Gasteiger partial charge in [-0.15, -0.1) is 0 Å². The van der Waals surface area contributed by atoms with E-state index >= 15 is 0 Å². The zero-order chi connectivity index (χ0) is 13.3. The number of benzene rings is 1. The van der Waals surface area contributed by atoms with Crippen molar-refractivity contribution in [3.63, 3.8) is 0 Å². The molecule has 0 fully saturated rings. The van der Waals surface area contributed by atoms with E-state index in [4.69, 9.17) is 5.26 Å². The molecule has 0 N–H and O–H groups in total. The minimum Gasteiger partial charge on any atom is -0.287 e. The molecule has 1 aromatic rings. The van der Waals surface area contributed by atoms with Crippen molar-refractivity contribution < 1.29 is 26.7 Å². The summed E-state index contributed by atoms with van der Waals surface area (Å²) in [4.78, 5) is 11.0. The van der Waals surface area contributed by atoms with Crippen LogP contribution in [0.25, 0.3) is 0 Å². The summed E-state index contributed by atoms with van der Waals surface area (Å²) in [5, 5.41) is 8.39. The zero-order valence-electron chi connectivity index (χ0n) is 8.05. The lowest BCUT2D eigenvalue weighted by molar-refractivity contribution is -0.255. The first-order chi connectivity index (χ1) is 7.70. The lowest BCUT2D eigenvalue weighted by Gasteiger charge is -2.17. The summed E-state index contributed by atoms with van der Waals surface area (Å²) in [6.45, 7) is 0. The molecule has 17 heavy (non-hydrogen) atoms. The van der Waals surface area contributed by atoms with Crippen LogP contribution in [0.5, 0.6) is 0 Å². The lowest BCUT2D eigenvalue weighted by Crippen LogP contribution is -2.44. The minimum absolute atomic E-state index is 0.0527. The van der Waals surface area contributed by atoms with Gasteiger partial charge in [0.05, 0.1) is 11.6 Å². The molecule has 0 amide bonds. The fraction of sp³-hybridized carbons (Fsp3) is 0.200. The first-order valence-corrected chi connectivity index (χ1v) is 4.19. The average molecular weight is 249 g/mol. The Labute approximate surface area is 92.3 Å². The molecule has 0 radical (unpaired) electrons. The summed E-state index contributed by atoms with van der Waals surface area (Å²) in [5.74, 6) is -7.77. The second kappa shape index (κ2) is 4.13. The van der Waals surface area contributed by atoms with Crippen molar-refractivity contribution in [1.82, 2.24) is 0 Å². The third-order valence-corrected chi connectivity index (χ3v) is 1.92. The summed E-state index contributed by atoms with van der Waals surface area (Å²) in [5.41, 5.74) is -0.747. The van der Waals surface area contributed by atoms with Crippen LogP contribution >= 0.6 is 0 Å². The molecule has 1 rings (SSSR count). The smallest absolute Gasteiger partial charge is 0.287 e. The largest absolute Gasteiger partial charge is 0.461 e. The van der Waals surface area contributed by atoms with Gasteiger partial charge in [-0.1, -0.05) is 0 Å². The second-order valence-electron chi connectivity index (χ2n) is 3.09. The van der Waals surface area contributed by atoms with Crippen LogP contribution in [-0.2, 0) is 0 Å². The molecule has 0 saturated heterocycles. The maximum absolute atomic E-state index is 12.7. The average Bonchev–Trinajstić information content (AvgIpc) is 2.26. The van der Waals surface area contributed by atoms with Crippen LogP contribution in [0.3, 0.4) is 0 Å². The fourth-order valence-corrected chi connectivity index (χ4v) is 1.01. The maximum Gasteiger partial charge on any atom is 0.461 e. The fourth-order valence-electron chi connectivity index (χ4n) is 1.01. The highest BCUT2D eigenvalue weighted by Crippen LogP contribution is 2.37. The first-order valence-electron chi connectivity index (χ1n) is 4.19. The molecule has 0 aliphatic rings. The zero-order valence-corrected chi connectivity index (χ0v) is 8.05. The van der Waals surface area contributed by atoms with Crippen LogP contribution in [0.15, 0.2) is 24.3 Å². The van der Waals surface area contributed by atoms with E-state index in [1.54, 1.807) is 6.07 Å². The summed E-state index contributed by atoms with van der Waals surface area (Å²) in [6.07, 6.45) is -5.93. The molecule has 0 saturated carbocycles. The summed E-state index contributed by atoms with van der Waals surface area (Å²) in [6, 6.07) is 5.11. The first kappa shape index (κ1) is 13.1. The Hall–Kier alpha value is -1.97. The van der Waals surface area contributed by atoms with Crippen molar-refractivity contribution in [2.75, 3.05) is 0 Å². The van der Waals surface area contributed by atoms with Crippen LogP contribution in [0.4, 0.5) is 22.0 Å². The number of carbonyl (C=O) groups is 1. The Morgan fingerprint density at radius 2 is 1.53 bits per heavy atom. The number of hydrogen-bond acceptors (Lipinski definition) is 2. The second-order valence-corrected chi connectivity index (χ2v) is 3.09. The molecule has 2 nitrogen and oxygen atoms in total. The van der Waals surface area contributed by atoms with Gasteiger partial charge >= 0.3 is 12.1 Å². The standard InChI is InChI=1S/C10H4F5NO/c11-9(12,10(13,14)15)8(17)7-3-1-6(5-16)2-4-7/h1-4H. The van der Waals surface area contributed by atoms with E-state index in [1.807, 2.05) is 0 Å². The van der Waals surface area contributed by atoms with Crippen molar-refractivity contribution in [1.29, 1.82) is 5.26 Å². The molecular formula is C10H4F5NO. The van der Waals surface area contributed by atoms with E-state index in [0.29, 0.717) is 0 Å². The van der Waals surface area contributed by atoms with Crippen molar-refractivity contribution >= 4 is 5.78 Å². The normalized spacial score (nSPS) is 12.0. The molecule has 0 aromatic heterocycles. The molecule has 0 unspecified atom stereocenters. The van der Waals surface area contributed by atoms with E-state index in [0.717, 1.165) is 24.3 Å². The quantitative estimate of drug-likeness (QED) is 0.597. The monoisotopic (exact) mass is 249 g/mol. The number of nitriles is 1. The maximum atomic E-state index is 12.7. The SMILES string of the molecule is N#Cc1ccc(C(=O)C(F)(F)C(F)(F)F)cc1. The third-order valence-electron chi connectivity index (χ3n) is 1.92. The van der Waals surface area contributed by atoms with Crippen LogP contribution in [-0.4, -0.2) is 17.9 Å². The summed E-state index contributed by atoms with van der Waals surface area (Å²) in [7, 11) is 0. The Morgan fingerprint density at radius 3 is 1.88 bits per heavy atom. The van der Waals surface area contributed by atoms with E-state index in [2.05, 4.69) is 0 Å². The van der Waals surface area contributed by atoms with Gasteiger partial charge in [-0.25, -0.2) is 0 Å². The number of halogens is 5. The Kier molecular flexibility index (Phi) is 3.18. The van der Waals surface area contributed by atoms with Crippen molar-refractivity contribution in [3.05, 3.63) is 35.4 Å². The summed E-state index contributed by atoms with van der Waals surface area (Å²) >= 11 is 0. The predicted octanol–water partition coefficient (Wildman–Crippen LogP) is 2.94. The van der Waals surface area contributed by atoms with Gasteiger partial charge in [0, 0.05) is 5.56 Å². The molecule has 7 heteroatoms. The van der Waals surface area contributed by atoms with Crippen molar-refractivity contribution in [2.24, 2.45) is 0 Å². The number of alkyl halides is 5. The van der Waals surface area contributed by atoms with Gasteiger partial charge in [0.2, 0.25) is 5.78 Å². The Bertz CT molecular complexity index is 469. The van der Waals surface area contributed by atoms with Crippen molar-refractivity contribution in [3.8, 4) is 6.07 Å². The Balaban J connectivity index is 3.09. The molecule has 1 aromatic carbocycles. The van der Waals surface area contributed by atoms with Gasteiger partial charge in [0.15, 0.2) is 0 Å². The molecular weight excluding hydrogens is 245 g/mol. The molecule has 0 aliphatic heterocycles. The van der Waals surface area contributed by atoms with Gasteiger partial charge in [-0.2, -0.15) is 27.2 Å². The topological polar surface area (TPSA) is 40.9 Å². The lowest BCUT2D eigenvalue weighted by atomic mass is 10.0. The molecule has 0 spiro atoms. The number of rotatable bonds is 2. The van der Waals surface area contributed by atoms with E-state index in [9.17, 15) is 26.7 Å². The van der Waals surface area contributed by atoms with E-state index < -0.39 is 23.4 Å². The molecule has 0 atom stereocenters. The number of hydrogen-bond donors (Lipinski definition) is 0. The number of nitrogens with zero attached hydrogens (tertiary/aromatic N) is 1. The van der Waals surface area contributed by atoms with Gasteiger partial charge in [0.1, 0.15) is 0 Å².